The standard InChI is InChI=1S/C45H25N5/c46-26-29-17-24-44-38(25-29)37-12-4-6-14-41(37)49(44)40-13-5-1-9-34(40)31-20-18-30(19-21-31)33-23-22-32(27-47)45(39(33)28-48)50-42-15-7-2-10-35(42)36-11-3-8-16-43(36)50/h1-25H. The van der Waals surface area contributed by atoms with Crippen LogP contribution in [0.5, 0.6) is 0 Å². The van der Waals surface area contributed by atoms with Crippen LogP contribution in [-0.4, -0.2) is 9.13 Å². The number of hydrogen-bond donors (Lipinski definition) is 0. The van der Waals surface area contributed by atoms with E-state index >= 15 is 0 Å². The average Bonchev–Trinajstić information content (AvgIpc) is 3.69. The first-order chi connectivity index (χ1) is 24.7. The fraction of sp³-hybridized carbons (Fsp3) is 0. The summed E-state index contributed by atoms with van der Waals surface area (Å²) in [7, 11) is 0. The molecule has 0 aliphatic rings. The van der Waals surface area contributed by atoms with Gasteiger partial charge in [-0.15, -0.1) is 0 Å². The van der Waals surface area contributed by atoms with E-state index in [1.54, 1.807) is 0 Å². The lowest BCUT2D eigenvalue weighted by molar-refractivity contribution is 1.16. The molecule has 9 rings (SSSR count). The molecule has 9 aromatic rings. The number of nitriles is 3. The zero-order valence-electron chi connectivity index (χ0n) is 26.7. The highest BCUT2D eigenvalue weighted by molar-refractivity contribution is 6.11. The zero-order chi connectivity index (χ0) is 33.8. The van der Waals surface area contributed by atoms with Crippen LogP contribution in [0.15, 0.2) is 152 Å². The SMILES string of the molecule is N#Cc1ccc2c(c1)c1ccccc1n2-c1ccccc1-c1ccc(-c2ccc(C#N)c(-n3c4ccccc4c4ccccc43)c2C#N)cc1. The van der Waals surface area contributed by atoms with Crippen LogP contribution in [0.3, 0.4) is 0 Å². The Kier molecular flexibility index (Phi) is 6.56. The Balaban J connectivity index is 1.21. The minimum Gasteiger partial charge on any atom is -0.309 e. The molecule has 0 spiro atoms. The van der Waals surface area contributed by atoms with Crippen LogP contribution in [0.2, 0.25) is 0 Å². The minimum absolute atomic E-state index is 0.440. The molecule has 5 nitrogen and oxygen atoms in total. The third-order valence-corrected chi connectivity index (χ3v) is 9.67. The van der Waals surface area contributed by atoms with Gasteiger partial charge in [-0.3, -0.25) is 0 Å². The minimum atomic E-state index is 0.440. The van der Waals surface area contributed by atoms with E-state index in [4.69, 9.17) is 0 Å². The Morgan fingerprint density at radius 2 is 0.940 bits per heavy atom. The molecule has 0 amide bonds. The van der Waals surface area contributed by atoms with Crippen LogP contribution in [-0.2, 0) is 0 Å². The van der Waals surface area contributed by atoms with Gasteiger partial charge in [-0.05, 0) is 59.7 Å². The van der Waals surface area contributed by atoms with E-state index in [2.05, 4.69) is 88.0 Å². The van der Waals surface area contributed by atoms with Gasteiger partial charge < -0.3 is 9.13 Å². The Hall–Kier alpha value is -7.39. The molecule has 0 unspecified atom stereocenters. The molecule has 0 atom stereocenters. The highest BCUT2D eigenvalue weighted by Crippen LogP contribution is 2.40. The van der Waals surface area contributed by atoms with Gasteiger partial charge >= 0.3 is 0 Å². The summed E-state index contributed by atoms with van der Waals surface area (Å²) in [6.07, 6.45) is 0. The van der Waals surface area contributed by atoms with Crippen molar-refractivity contribution in [2.45, 2.75) is 0 Å². The molecule has 0 N–H and O–H groups in total. The number of para-hydroxylation sites is 4. The molecule has 0 aliphatic carbocycles. The summed E-state index contributed by atoms with van der Waals surface area (Å²) in [6, 6.07) is 57.8. The first-order valence-corrected chi connectivity index (χ1v) is 16.3. The molecule has 50 heavy (non-hydrogen) atoms. The van der Waals surface area contributed by atoms with E-state index in [0.717, 1.165) is 71.6 Å². The molecular weight excluding hydrogens is 611 g/mol. The second-order valence-corrected chi connectivity index (χ2v) is 12.3. The molecule has 230 valence electrons. The van der Waals surface area contributed by atoms with E-state index in [9.17, 15) is 15.8 Å². The van der Waals surface area contributed by atoms with Crippen molar-refractivity contribution in [3.05, 3.63) is 168 Å². The van der Waals surface area contributed by atoms with E-state index in [0.29, 0.717) is 22.4 Å². The third-order valence-electron chi connectivity index (χ3n) is 9.67. The highest BCUT2D eigenvalue weighted by atomic mass is 15.0. The summed E-state index contributed by atoms with van der Waals surface area (Å²) < 4.78 is 4.32. The van der Waals surface area contributed by atoms with Crippen molar-refractivity contribution in [2.24, 2.45) is 0 Å². The van der Waals surface area contributed by atoms with E-state index in [1.807, 2.05) is 91.0 Å². The fourth-order valence-electron chi connectivity index (χ4n) is 7.47. The summed E-state index contributed by atoms with van der Waals surface area (Å²) in [5.41, 5.74) is 10.8. The van der Waals surface area contributed by atoms with E-state index < -0.39 is 0 Å². The summed E-state index contributed by atoms with van der Waals surface area (Å²) in [6.45, 7) is 0. The van der Waals surface area contributed by atoms with Gasteiger partial charge in [0.25, 0.3) is 0 Å². The van der Waals surface area contributed by atoms with Crippen LogP contribution in [0.4, 0.5) is 0 Å². The van der Waals surface area contributed by atoms with Crippen molar-refractivity contribution >= 4 is 43.6 Å². The van der Waals surface area contributed by atoms with Gasteiger partial charge in [0, 0.05) is 32.7 Å². The van der Waals surface area contributed by atoms with Gasteiger partial charge in [0.15, 0.2) is 0 Å². The Bertz CT molecular complexity index is 2900. The smallest absolute Gasteiger partial charge is 0.102 e. The van der Waals surface area contributed by atoms with Crippen molar-refractivity contribution < 1.29 is 0 Å². The second kappa shape index (κ2) is 11.4. The van der Waals surface area contributed by atoms with Gasteiger partial charge in [-0.2, -0.15) is 15.8 Å². The topological polar surface area (TPSA) is 81.2 Å². The normalized spacial score (nSPS) is 11.1. The number of fused-ring (bicyclic) bond motifs is 6. The monoisotopic (exact) mass is 635 g/mol. The van der Waals surface area contributed by atoms with Gasteiger partial charge in [0.1, 0.15) is 12.1 Å². The number of benzene rings is 7. The van der Waals surface area contributed by atoms with Crippen LogP contribution in [0.1, 0.15) is 16.7 Å². The predicted octanol–water partition coefficient (Wildman–Crippen LogP) is 10.8. The van der Waals surface area contributed by atoms with Gasteiger partial charge in [-0.25, -0.2) is 0 Å². The lowest BCUT2D eigenvalue weighted by Gasteiger charge is -2.16. The van der Waals surface area contributed by atoms with Crippen molar-refractivity contribution in [3.63, 3.8) is 0 Å². The van der Waals surface area contributed by atoms with Crippen LogP contribution >= 0.6 is 0 Å². The lowest BCUT2D eigenvalue weighted by atomic mass is 9.94. The maximum Gasteiger partial charge on any atom is 0.102 e. The Morgan fingerprint density at radius 3 is 1.56 bits per heavy atom. The molecule has 0 bridgehead atoms. The largest absolute Gasteiger partial charge is 0.309 e. The first-order valence-electron chi connectivity index (χ1n) is 16.3. The maximum atomic E-state index is 10.7. The number of hydrogen-bond acceptors (Lipinski definition) is 3. The molecule has 0 saturated heterocycles. The summed E-state index contributed by atoms with van der Waals surface area (Å²) >= 11 is 0. The van der Waals surface area contributed by atoms with Gasteiger partial charge in [0.05, 0.1) is 56.2 Å². The summed E-state index contributed by atoms with van der Waals surface area (Å²) in [5, 5.41) is 34.9. The molecule has 5 heteroatoms. The Labute approximate surface area is 287 Å². The van der Waals surface area contributed by atoms with Crippen molar-refractivity contribution in [2.75, 3.05) is 0 Å². The predicted molar refractivity (Wildman–Crippen MR) is 200 cm³/mol. The molecule has 2 aromatic heterocycles. The molecule has 0 aliphatic heterocycles. The Morgan fingerprint density at radius 1 is 0.400 bits per heavy atom. The number of nitrogens with zero attached hydrogens (tertiary/aromatic N) is 5. The number of rotatable bonds is 4. The van der Waals surface area contributed by atoms with Crippen LogP contribution in [0, 0.1) is 34.0 Å². The molecule has 7 aromatic carbocycles. The van der Waals surface area contributed by atoms with Crippen molar-refractivity contribution in [3.8, 4) is 51.8 Å². The van der Waals surface area contributed by atoms with Crippen molar-refractivity contribution in [1.29, 1.82) is 15.8 Å². The summed E-state index contributed by atoms with van der Waals surface area (Å²) in [5.74, 6) is 0. The fourth-order valence-corrected chi connectivity index (χ4v) is 7.47. The molecule has 2 heterocycles. The average molecular weight is 636 g/mol. The van der Waals surface area contributed by atoms with Gasteiger partial charge in [0.2, 0.25) is 0 Å². The third kappa shape index (κ3) is 4.24. The van der Waals surface area contributed by atoms with Gasteiger partial charge in [-0.1, -0.05) is 103 Å². The lowest BCUT2D eigenvalue weighted by Crippen LogP contribution is -2.03. The molecular formula is C45H25N5. The molecule has 0 saturated carbocycles. The molecule has 0 radical (unpaired) electrons. The van der Waals surface area contributed by atoms with Crippen molar-refractivity contribution in [1.82, 2.24) is 9.13 Å². The quantitative estimate of drug-likeness (QED) is 0.193. The highest BCUT2D eigenvalue weighted by Gasteiger charge is 2.21. The van der Waals surface area contributed by atoms with E-state index in [1.165, 1.54) is 0 Å². The molecule has 0 fully saturated rings. The number of aromatic nitrogens is 2. The van der Waals surface area contributed by atoms with Crippen LogP contribution in [0.25, 0.3) is 77.2 Å². The maximum absolute atomic E-state index is 10.7. The van der Waals surface area contributed by atoms with E-state index in [-0.39, 0.29) is 0 Å². The second-order valence-electron chi connectivity index (χ2n) is 12.3. The first kappa shape index (κ1) is 28.8. The van der Waals surface area contributed by atoms with Crippen LogP contribution < -0.4 is 0 Å². The zero-order valence-corrected chi connectivity index (χ0v) is 26.7. The summed E-state index contributed by atoms with van der Waals surface area (Å²) in [4.78, 5) is 0.